The normalized spacial score (nSPS) is 12.7. The number of ether oxygens (including phenoxy) is 1. The van der Waals surface area contributed by atoms with Crippen LogP contribution in [0.5, 0.6) is 0 Å². The van der Waals surface area contributed by atoms with Crippen molar-refractivity contribution in [3.63, 3.8) is 0 Å². The third kappa shape index (κ3) is 8.97. The summed E-state index contributed by atoms with van der Waals surface area (Å²) in [5.74, 6) is 0.101. The number of nitrogens with one attached hydrogen (secondary N) is 1. The molecule has 0 rings (SSSR count). The number of nitrogens with two attached hydrogens (primary N) is 1. The molecule has 5 nitrogen and oxygen atoms in total. The van der Waals surface area contributed by atoms with Crippen molar-refractivity contribution in [1.29, 1.82) is 0 Å². The van der Waals surface area contributed by atoms with Crippen LogP contribution in [0.4, 0.5) is 0 Å². The predicted octanol–water partition coefficient (Wildman–Crippen LogP) is 0.979. The molecular formula is C14H31N3O2. The van der Waals surface area contributed by atoms with Crippen molar-refractivity contribution in [1.82, 2.24) is 10.2 Å². The molecule has 0 aromatic rings. The summed E-state index contributed by atoms with van der Waals surface area (Å²) in [4.78, 5) is 14.2. The highest BCUT2D eigenvalue weighted by molar-refractivity contribution is 5.81. The van der Waals surface area contributed by atoms with Crippen molar-refractivity contribution in [2.75, 3.05) is 39.9 Å². The number of carbonyl (C=O) groups excluding carboxylic acids is 1. The van der Waals surface area contributed by atoms with Gasteiger partial charge in [-0.1, -0.05) is 19.8 Å². The zero-order valence-corrected chi connectivity index (χ0v) is 12.8. The highest BCUT2D eigenvalue weighted by atomic mass is 16.5. The van der Waals surface area contributed by atoms with E-state index >= 15 is 0 Å². The van der Waals surface area contributed by atoms with E-state index in [1.54, 1.807) is 7.11 Å². The fourth-order valence-corrected chi connectivity index (χ4v) is 1.90. The summed E-state index contributed by atoms with van der Waals surface area (Å²) in [6.45, 7) is 7.76. The molecule has 0 saturated carbocycles. The van der Waals surface area contributed by atoms with Crippen LogP contribution in [0.3, 0.4) is 0 Å². The highest BCUT2D eigenvalue weighted by Crippen LogP contribution is 2.01. The van der Waals surface area contributed by atoms with Crippen molar-refractivity contribution >= 4 is 5.91 Å². The third-order valence-corrected chi connectivity index (χ3v) is 3.24. The summed E-state index contributed by atoms with van der Waals surface area (Å²) in [6.07, 6.45) is 4.28. The fourth-order valence-electron chi connectivity index (χ4n) is 1.90. The maximum absolute atomic E-state index is 12.0. The Hall–Kier alpha value is -0.650. The predicted molar refractivity (Wildman–Crippen MR) is 79.1 cm³/mol. The first kappa shape index (κ1) is 18.4. The van der Waals surface area contributed by atoms with E-state index < -0.39 is 0 Å². The lowest BCUT2D eigenvalue weighted by molar-refractivity contribution is -0.126. The van der Waals surface area contributed by atoms with Crippen LogP contribution in [-0.2, 0) is 9.53 Å². The molecule has 1 unspecified atom stereocenters. The number of nitrogens with zero attached hydrogens (tertiary/aromatic N) is 1. The first-order valence-corrected chi connectivity index (χ1v) is 7.38. The van der Waals surface area contributed by atoms with E-state index in [0.29, 0.717) is 13.2 Å². The summed E-state index contributed by atoms with van der Waals surface area (Å²) in [5.41, 5.74) is 5.54. The van der Waals surface area contributed by atoms with Gasteiger partial charge >= 0.3 is 0 Å². The quantitative estimate of drug-likeness (QED) is 0.520. The van der Waals surface area contributed by atoms with E-state index in [4.69, 9.17) is 10.5 Å². The lowest BCUT2D eigenvalue weighted by atomic mass is 10.2. The number of carbonyl (C=O) groups is 1. The Balaban J connectivity index is 4.10. The summed E-state index contributed by atoms with van der Waals surface area (Å²) < 4.78 is 5.09. The molecule has 0 aliphatic carbocycles. The molecule has 0 aromatic carbocycles. The van der Waals surface area contributed by atoms with Crippen LogP contribution in [-0.4, -0.2) is 56.7 Å². The monoisotopic (exact) mass is 273 g/mol. The summed E-state index contributed by atoms with van der Waals surface area (Å²) in [6, 6.07) is -0.122. The molecule has 0 radical (unpaired) electrons. The van der Waals surface area contributed by atoms with Gasteiger partial charge in [-0.3, -0.25) is 9.69 Å². The Bertz CT molecular complexity index is 217. The Kier molecular flexibility index (Phi) is 12.0. The Morgan fingerprint density at radius 2 is 2.05 bits per heavy atom. The van der Waals surface area contributed by atoms with Gasteiger partial charge in [0.15, 0.2) is 0 Å². The van der Waals surface area contributed by atoms with E-state index in [2.05, 4.69) is 17.1 Å². The smallest absolute Gasteiger partial charge is 0.237 e. The van der Waals surface area contributed by atoms with Gasteiger partial charge in [-0.25, -0.2) is 0 Å². The van der Waals surface area contributed by atoms with Gasteiger partial charge in [0.05, 0.1) is 12.6 Å². The number of hydrogen-bond donors (Lipinski definition) is 2. The molecule has 19 heavy (non-hydrogen) atoms. The number of unbranched alkanes of at least 4 members (excludes halogenated alkanes) is 2. The summed E-state index contributed by atoms with van der Waals surface area (Å²) >= 11 is 0. The third-order valence-electron chi connectivity index (χ3n) is 3.24. The molecule has 114 valence electrons. The van der Waals surface area contributed by atoms with Crippen molar-refractivity contribution in [3.8, 4) is 0 Å². The number of hydrogen-bond acceptors (Lipinski definition) is 4. The lowest BCUT2D eigenvalue weighted by Gasteiger charge is -2.27. The minimum absolute atomic E-state index is 0.101. The Morgan fingerprint density at radius 1 is 1.32 bits per heavy atom. The molecule has 0 fully saturated rings. The second-order valence-electron chi connectivity index (χ2n) is 4.85. The Morgan fingerprint density at radius 3 is 2.63 bits per heavy atom. The van der Waals surface area contributed by atoms with E-state index in [1.807, 2.05) is 6.92 Å². The SMILES string of the molecule is CCCCCNC(=O)C(C)N(CCCN)CCOC. The van der Waals surface area contributed by atoms with Crippen LogP contribution in [0.25, 0.3) is 0 Å². The van der Waals surface area contributed by atoms with E-state index in [9.17, 15) is 4.79 Å². The number of rotatable bonds is 12. The number of amides is 1. The van der Waals surface area contributed by atoms with Crippen LogP contribution in [0.1, 0.15) is 39.5 Å². The second kappa shape index (κ2) is 12.4. The number of methoxy groups -OCH3 is 1. The molecule has 0 spiro atoms. The fraction of sp³-hybridized carbons (Fsp3) is 0.929. The summed E-state index contributed by atoms with van der Waals surface area (Å²) in [5, 5.41) is 3.00. The van der Waals surface area contributed by atoms with Crippen molar-refractivity contribution < 1.29 is 9.53 Å². The lowest BCUT2D eigenvalue weighted by Crippen LogP contribution is -2.47. The molecule has 5 heteroatoms. The van der Waals surface area contributed by atoms with Crippen LogP contribution in [0.2, 0.25) is 0 Å². The average molecular weight is 273 g/mol. The topological polar surface area (TPSA) is 67.6 Å². The molecule has 0 saturated heterocycles. The molecule has 0 aromatic heterocycles. The van der Waals surface area contributed by atoms with Crippen LogP contribution in [0.15, 0.2) is 0 Å². The second-order valence-corrected chi connectivity index (χ2v) is 4.85. The molecule has 3 N–H and O–H groups in total. The van der Waals surface area contributed by atoms with Crippen LogP contribution >= 0.6 is 0 Å². The minimum atomic E-state index is -0.122. The largest absolute Gasteiger partial charge is 0.383 e. The van der Waals surface area contributed by atoms with E-state index in [-0.39, 0.29) is 11.9 Å². The average Bonchev–Trinajstić information content (AvgIpc) is 2.43. The van der Waals surface area contributed by atoms with Gasteiger partial charge in [-0.2, -0.15) is 0 Å². The molecular weight excluding hydrogens is 242 g/mol. The zero-order chi connectivity index (χ0) is 14.5. The van der Waals surface area contributed by atoms with Crippen LogP contribution < -0.4 is 11.1 Å². The van der Waals surface area contributed by atoms with Crippen LogP contribution in [0, 0.1) is 0 Å². The van der Waals surface area contributed by atoms with Gasteiger partial charge in [-0.15, -0.1) is 0 Å². The molecule has 1 atom stereocenters. The standard InChI is InChI=1S/C14H31N3O2/c1-4-5-6-9-16-14(18)13(2)17(10-7-8-15)11-12-19-3/h13H,4-12,15H2,1-3H3,(H,16,18). The first-order valence-electron chi connectivity index (χ1n) is 7.38. The first-order chi connectivity index (χ1) is 9.17. The van der Waals surface area contributed by atoms with Crippen molar-refractivity contribution in [2.24, 2.45) is 5.73 Å². The van der Waals surface area contributed by atoms with E-state index in [0.717, 1.165) is 38.9 Å². The van der Waals surface area contributed by atoms with Gasteiger partial charge in [0.2, 0.25) is 5.91 Å². The minimum Gasteiger partial charge on any atom is -0.383 e. The van der Waals surface area contributed by atoms with Gasteiger partial charge in [0.25, 0.3) is 0 Å². The van der Waals surface area contributed by atoms with E-state index in [1.165, 1.54) is 6.42 Å². The van der Waals surface area contributed by atoms with Crippen molar-refractivity contribution in [2.45, 2.75) is 45.6 Å². The molecule has 1 amide bonds. The maximum Gasteiger partial charge on any atom is 0.237 e. The van der Waals surface area contributed by atoms with Gasteiger partial charge in [0.1, 0.15) is 0 Å². The molecule has 0 heterocycles. The highest BCUT2D eigenvalue weighted by Gasteiger charge is 2.19. The molecule has 0 aliphatic heterocycles. The van der Waals surface area contributed by atoms with Crippen molar-refractivity contribution in [3.05, 3.63) is 0 Å². The molecule has 0 bridgehead atoms. The maximum atomic E-state index is 12.0. The van der Waals surface area contributed by atoms with Gasteiger partial charge in [-0.05, 0) is 26.3 Å². The van der Waals surface area contributed by atoms with Gasteiger partial charge in [0, 0.05) is 26.7 Å². The zero-order valence-electron chi connectivity index (χ0n) is 12.8. The molecule has 0 aliphatic rings. The van der Waals surface area contributed by atoms with Gasteiger partial charge < -0.3 is 15.8 Å². The Labute approximate surface area is 117 Å². The summed E-state index contributed by atoms with van der Waals surface area (Å²) in [7, 11) is 1.68.